The average Bonchev–Trinajstić information content (AvgIpc) is 3.25. The summed E-state index contributed by atoms with van der Waals surface area (Å²) in [5.41, 5.74) is 4.33. The fourth-order valence-corrected chi connectivity index (χ4v) is 2.62. The second-order valence-electron chi connectivity index (χ2n) is 6.94. The number of aromatic amines is 1. The number of nitrogens with zero attached hydrogens (tertiary/aromatic N) is 1. The van der Waals surface area contributed by atoms with Gasteiger partial charge in [0.2, 0.25) is 0 Å². The Hall–Kier alpha value is -2.64. The van der Waals surface area contributed by atoms with Gasteiger partial charge in [0, 0.05) is 24.9 Å². The Morgan fingerprint density at radius 2 is 1.71 bits per heavy atom. The van der Waals surface area contributed by atoms with Crippen LogP contribution in [0.4, 0.5) is 4.39 Å². The average molecular weight is 495 g/mol. The number of ether oxygens (including phenoxy) is 4. The maximum absolute atomic E-state index is 11.7. The Morgan fingerprint density at radius 1 is 1.06 bits per heavy atom. The minimum Gasteiger partial charge on any atom is -0.501 e. The molecule has 0 saturated carbocycles. The van der Waals surface area contributed by atoms with Crippen LogP contribution in [0.2, 0.25) is 0 Å². The van der Waals surface area contributed by atoms with Gasteiger partial charge in [-0.15, -0.1) is 0 Å². The molecule has 2 heterocycles. The van der Waals surface area contributed by atoms with Gasteiger partial charge in [0.15, 0.2) is 0 Å². The van der Waals surface area contributed by atoms with Crippen molar-refractivity contribution in [2.45, 2.75) is 54.9 Å². The second kappa shape index (κ2) is 23.1. The van der Waals surface area contributed by atoms with Crippen LogP contribution in [0.1, 0.15) is 52.7 Å². The Bertz CT molecular complexity index is 860. The lowest BCUT2D eigenvalue weighted by molar-refractivity contribution is 0.0416. The van der Waals surface area contributed by atoms with E-state index in [2.05, 4.69) is 22.6 Å². The summed E-state index contributed by atoms with van der Waals surface area (Å²) in [5.74, 6) is 1.46. The first-order valence-corrected chi connectivity index (χ1v) is 12.2. The molecule has 0 aromatic carbocycles. The van der Waals surface area contributed by atoms with Gasteiger partial charge in [-0.3, -0.25) is 0 Å². The largest absolute Gasteiger partial charge is 0.501 e. The molecule has 200 valence electrons. The van der Waals surface area contributed by atoms with Crippen molar-refractivity contribution in [2.75, 3.05) is 47.3 Å². The number of halogens is 1. The van der Waals surface area contributed by atoms with Crippen LogP contribution in [-0.2, 0) is 25.4 Å². The summed E-state index contributed by atoms with van der Waals surface area (Å²) in [6, 6.07) is 2.15. The van der Waals surface area contributed by atoms with Gasteiger partial charge in [-0.2, -0.15) is 0 Å². The third-order valence-electron chi connectivity index (χ3n) is 4.25. The molecule has 0 atom stereocenters. The smallest absolute Gasteiger partial charge is 0.137 e. The topological polar surface area (TPSA) is 65.6 Å². The number of nitrogens with one attached hydrogen (secondary N) is 1. The molecule has 2 aromatic heterocycles. The second-order valence-corrected chi connectivity index (χ2v) is 6.94. The van der Waals surface area contributed by atoms with Crippen molar-refractivity contribution in [3.8, 4) is 0 Å². The van der Waals surface area contributed by atoms with E-state index in [1.54, 1.807) is 21.1 Å². The maximum atomic E-state index is 11.7. The van der Waals surface area contributed by atoms with Crippen LogP contribution in [0, 0.1) is 6.92 Å². The van der Waals surface area contributed by atoms with Gasteiger partial charge < -0.3 is 23.9 Å². The van der Waals surface area contributed by atoms with Crippen LogP contribution in [0.3, 0.4) is 0 Å². The SMILES string of the molecule is C=C(/C=C(\C)OC)Cc1c[nH]c2ncc(C)cc12.CC.CC.COCCOCCO/C(C)=C/CF. The summed E-state index contributed by atoms with van der Waals surface area (Å²) in [6.45, 7) is 19.3. The van der Waals surface area contributed by atoms with Crippen LogP contribution in [-0.4, -0.2) is 57.3 Å². The van der Waals surface area contributed by atoms with Crippen molar-refractivity contribution >= 4 is 11.0 Å². The lowest BCUT2D eigenvalue weighted by Crippen LogP contribution is -2.07. The Balaban J connectivity index is 0. The normalized spacial score (nSPS) is 10.8. The summed E-state index contributed by atoms with van der Waals surface area (Å²) in [5, 5.41) is 1.17. The number of alkyl halides is 1. The molecule has 0 unspecified atom stereocenters. The van der Waals surface area contributed by atoms with E-state index in [9.17, 15) is 4.39 Å². The summed E-state index contributed by atoms with van der Waals surface area (Å²) in [4.78, 5) is 7.54. The molecule has 0 aliphatic rings. The first kappa shape index (κ1) is 34.5. The van der Waals surface area contributed by atoms with Gasteiger partial charge in [-0.25, -0.2) is 9.37 Å². The Morgan fingerprint density at radius 3 is 2.31 bits per heavy atom. The van der Waals surface area contributed by atoms with Gasteiger partial charge in [0.1, 0.15) is 18.9 Å². The summed E-state index contributed by atoms with van der Waals surface area (Å²) >= 11 is 0. The number of hydrogen-bond donors (Lipinski definition) is 1. The predicted octanol–water partition coefficient (Wildman–Crippen LogP) is 7.11. The molecule has 1 N–H and O–H groups in total. The molecule has 2 aromatic rings. The minimum absolute atomic E-state index is 0.450. The standard InChI is InChI=1S/C15H18N2O.C9H17FO3.2C2H6/c1-10(5-12(3)18-4)6-13-9-17-15-14(13)7-11(2)8-16-15;1-9(3-4-10)13-8-7-12-6-5-11-2;2*1-2/h5,7-9H,1,6H2,2-4H3,(H,16,17);3H,4-8H2,1-2H3;2*1-2H3/b12-5+;9-3+;;. The van der Waals surface area contributed by atoms with Gasteiger partial charge in [-0.1, -0.05) is 34.3 Å². The molecule has 0 aliphatic carbocycles. The Kier molecular flexibility index (Phi) is 22.8. The molecule has 0 amide bonds. The molecule has 0 aliphatic heterocycles. The van der Waals surface area contributed by atoms with Crippen molar-refractivity contribution in [1.29, 1.82) is 0 Å². The van der Waals surface area contributed by atoms with Crippen LogP contribution < -0.4 is 0 Å². The fourth-order valence-electron chi connectivity index (χ4n) is 2.62. The molecule has 35 heavy (non-hydrogen) atoms. The predicted molar refractivity (Wildman–Crippen MR) is 146 cm³/mol. The quantitative estimate of drug-likeness (QED) is 0.193. The molecule has 0 saturated heterocycles. The van der Waals surface area contributed by atoms with E-state index in [1.807, 2.05) is 60.0 Å². The maximum Gasteiger partial charge on any atom is 0.137 e. The van der Waals surface area contributed by atoms with Crippen LogP contribution in [0.5, 0.6) is 0 Å². The van der Waals surface area contributed by atoms with E-state index < -0.39 is 6.67 Å². The number of fused-ring (bicyclic) bond motifs is 1. The summed E-state index contributed by atoms with van der Waals surface area (Å²) in [7, 11) is 3.28. The van der Waals surface area contributed by atoms with Crippen molar-refractivity contribution in [1.82, 2.24) is 9.97 Å². The molecule has 2 rings (SSSR count). The Labute approximate surface area is 212 Å². The number of methoxy groups -OCH3 is 2. The van der Waals surface area contributed by atoms with Gasteiger partial charge in [-0.05, 0) is 62.1 Å². The minimum atomic E-state index is -0.490. The van der Waals surface area contributed by atoms with E-state index >= 15 is 0 Å². The lowest BCUT2D eigenvalue weighted by Gasteiger charge is -2.06. The number of allylic oxidation sites excluding steroid dienone is 5. The van der Waals surface area contributed by atoms with Gasteiger partial charge >= 0.3 is 0 Å². The highest BCUT2D eigenvalue weighted by Crippen LogP contribution is 2.20. The number of rotatable bonds is 12. The van der Waals surface area contributed by atoms with Gasteiger partial charge in [0.25, 0.3) is 0 Å². The number of aromatic nitrogens is 2. The fraction of sp³-hybridized carbons (Fsp3) is 0.536. The highest BCUT2D eigenvalue weighted by atomic mass is 19.1. The van der Waals surface area contributed by atoms with Crippen LogP contribution in [0.15, 0.2) is 54.3 Å². The first-order valence-electron chi connectivity index (χ1n) is 12.2. The molecular formula is C28H47FN2O4. The first-order chi connectivity index (χ1) is 16.9. The van der Waals surface area contributed by atoms with Crippen molar-refractivity contribution < 1.29 is 23.3 Å². The van der Waals surface area contributed by atoms with E-state index in [1.165, 1.54) is 17.0 Å². The highest BCUT2D eigenvalue weighted by molar-refractivity contribution is 5.80. The highest BCUT2D eigenvalue weighted by Gasteiger charge is 2.06. The van der Waals surface area contributed by atoms with Crippen molar-refractivity contribution in [2.24, 2.45) is 0 Å². The number of H-pyrrole nitrogens is 1. The van der Waals surface area contributed by atoms with E-state index in [0.717, 1.165) is 29.0 Å². The van der Waals surface area contributed by atoms with Crippen molar-refractivity contribution in [3.63, 3.8) is 0 Å². The number of aryl methyl sites for hydroxylation is 1. The zero-order valence-electron chi connectivity index (χ0n) is 23.3. The summed E-state index contributed by atoms with van der Waals surface area (Å²) in [6.07, 6.45) is 8.01. The zero-order chi connectivity index (χ0) is 27.1. The van der Waals surface area contributed by atoms with Crippen LogP contribution >= 0.6 is 0 Å². The third-order valence-corrected chi connectivity index (χ3v) is 4.25. The molecule has 6 nitrogen and oxygen atoms in total. The number of pyridine rings is 1. The lowest BCUT2D eigenvalue weighted by atomic mass is 10.1. The molecule has 0 bridgehead atoms. The molecule has 0 spiro atoms. The zero-order valence-corrected chi connectivity index (χ0v) is 23.3. The van der Waals surface area contributed by atoms with Crippen molar-refractivity contribution in [3.05, 3.63) is 65.4 Å². The third kappa shape index (κ3) is 16.6. The van der Waals surface area contributed by atoms with E-state index in [-0.39, 0.29) is 0 Å². The monoisotopic (exact) mass is 494 g/mol. The molecular weight excluding hydrogens is 447 g/mol. The number of hydrogen-bond acceptors (Lipinski definition) is 5. The van der Waals surface area contributed by atoms with Crippen LogP contribution in [0.25, 0.3) is 11.0 Å². The molecule has 0 fully saturated rings. The van der Waals surface area contributed by atoms with E-state index in [0.29, 0.717) is 32.2 Å². The van der Waals surface area contributed by atoms with Gasteiger partial charge in [0.05, 0.1) is 38.4 Å². The molecule has 0 radical (unpaired) electrons. The van der Waals surface area contributed by atoms with E-state index in [4.69, 9.17) is 18.9 Å². The molecule has 7 heteroatoms. The summed E-state index contributed by atoms with van der Waals surface area (Å²) < 4.78 is 31.9.